The minimum Gasteiger partial charge on any atom is -0.496 e. The van der Waals surface area contributed by atoms with Crippen LogP contribution in [0.25, 0.3) is 0 Å². The minimum atomic E-state index is -3.87. The van der Waals surface area contributed by atoms with Crippen LogP contribution in [0.1, 0.15) is 40.0 Å². The number of primary sulfonamides is 1. The second-order valence-corrected chi connectivity index (χ2v) is 7.52. The molecule has 134 valence electrons. The van der Waals surface area contributed by atoms with Gasteiger partial charge in [0.2, 0.25) is 10.0 Å². The van der Waals surface area contributed by atoms with Gasteiger partial charge in [0, 0.05) is 11.1 Å². The number of rotatable bonds is 5. The highest BCUT2D eigenvalue weighted by atomic mass is 32.2. The molecule has 0 aromatic heterocycles. The summed E-state index contributed by atoms with van der Waals surface area (Å²) >= 11 is 0. The summed E-state index contributed by atoms with van der Waals surface area (Å²) in [5, 5.41) is 8.03. The number of carbonyl (C=O) groups is 1. The number of hydrogen-bond acceptors (Lipinski definition) is 4. The summed E-state index contributed by atoms with van der Waals surface area (Å²) in [4.78, 5) is 12.5. The molecule has 25 heavy (non-hydrogen) atoms. The highest BCUT2D eigenvalue weighted by Gasteiger charge is 2.19. The van der Waals surface area contributed by atoms with Gasteiger partial charge in [-0.05, 0) is 44.5 Å². The Labute approximate surface area is 148 Å². The number of ether oxygens (including phenoxy) is 1. The largest absolute Gasteiger partial charge is 0.496 e. The molecule has 0 spiro atoms. The summed E-state index contributed by atoms with van der Waals surface area (Å²) in [6, 6.07) is 9.63. The van der Waals surface area contributed by atoms with Crippen molar-refractivity contribution in [3.8, 4) is 5.75 Å². The minimum absolute atomic E-state index is 0.0935. The van der Waals surface area contributed by atoms with Crippen molar-refractivity contribution in [3.05, 3.63) is 58.7 Å². The number of methoxy groups -OCH3 is 1. The molecule has 2 aromatic carbocycles. The predicted molar refractivity (Wildman–Crippen MR) is 96.2 cm³/mol. The summed E-state index contributed by atoms with van der Waals surface area (Å²) < 4.78 is 28.4. The van der Waals surface area contributed by atoms with Crippen LogP contribution in [-0.2, 0) is 10.0 Å². The van der Waals surface area contributed by atoms with Crippen molar-refractivity contribution in [2.45, 2.75) is 31.7 Å². The lowest BCUT2D eigenvalue weighted by atomic mass is 10.0. The van der Waals surface area contributed by atoms with Gasteiger partial charge in [0.15, 0.2) is 0 Å². The molecule has 1 unspecified atom stereocenters. The number of nitrogens with one attached hydrogen (secondary N) is 1. The van der Waals surface area contributed by atoms with E-state index in [-0.39, 0.29) is 22.4 Å². The maximum Gasteiger partial charge on any atom is 0.252 e. The van der Waals surface area contributed by atoms with Gasteiger partial charge in [-0.25, -0.2) is 13.6 Å². The van der Waals surface area contributed by atoms with Gasteiger partial charge in [-0.3, -0.25) is 4.79 Å². The second kappa shape index (κ2) is 7.25. The molecule has 2 aromatic rings. The molecule has 2 rings (SSSR count). The highest BCUT2D eigenvalue weighted by molar-refractivity contribution is 7.89. The molecule has 0 aliphatic carbocycles. The molecule has 0 aliphatic rings. The Balaban J connectivity index is 2.33. The van der Waals surface area contributed by atoms with Gasteiger partial charge < -0.3 is 10.1 Å². The van der Waals surface area contributed by atoms with Crippen molar-refractivity contribution in [3.63, 3.8) is 0 Å². The molecule has 0 saturated heterocycles. The van der Waals surface area contributed by atoms with E-state index in [9.17, 15) is 13.2 Å². The van der Waals surface area contributed by atoms with Crippen LogP contribution in [0.4, 0.5) is 0 Å². The molecule has 0 heterocycles. The molecular weight excluding hydrogens is 340 g/mol. The van der Waals surface area contributed by atoms with Gasteiger partial charge in [-0.1, -0.05) is 23.8 Å². The van der Waals surface area contributed by atoms with Crippen molar-refractivity contribution < 1.29 is 17.9 Å². The zero-order valence-electron chi connectivity index (χ0n) is 14.7. The fraction of sp³-hybridized carbons (Fsp3) is 0.278. The van der Waals surface area contributed by atoms with E-state index >= 15 is 0 Å². The van der Waals surface area contributed by atoms with Crippen LogP contribution in [0.2, 0.25) is 0 Å². The van der Waals surface area contributed by atoms with E-state index in [2.05, 4.69) is 5.32 Å². The Hall–Kier alpha value is -2.38. The van der Waals surface area contributed by atoms with Crippen LogP contribution in [0.3, 0.4) is 0 Å². The van der Waals surface area contributed by atoms with Crippen LogP contribution < -0.4 is 15.2 Å². The fourth-order valence-corrected chi connectivity index (χ4v) is 3.11. The first kappa shape index (κ1) is 19.0. The highest BCUT2D eigenvalue weighted by Crippen LogP contribution is 2.26. The average molecular weight is 362 g/mol. The van der Waals surface area contributed by atoms with Gasteiger partial charge in [-0.15, -0.1) is 0 Å². The lowest BCUT2D eigenvalue weighted by Crippen LogP contribution is -2.28. The smallest absolute Gasteiger partial charge is 0.252 e. The summed E-state index contributed by atoms with van der Waals surface area (Å²) in [6.07, 6.45) is 0. The Morgan fingerprint density at radius 1 is 1.16 bits per heavy atom. The first-order valence-corrected chi connectivity index (χ1v) is 9.27. The number of nitrogens with two attached hydrogens (primary N) is 1. The molecule has 3 N–H and O–H groups in total. The molecular formula is C18H22N2O4S. The molecule has 1 amide bonds. The molecule has 0 radical (unpaired) electrons. The molecule has 7 heteroatoms. The Morgan fingerprint density at radius 2 is 1.84 bits per heavy atom. The zero-order chi connectivity index (χ0) is 18.8. The van der Waals surface area contributed by atoms with Gasteiger partial charge in [0.1, 0.15) is 5.75 Å². The van der Waals surface area contributed by atoms with Crippen molar-refractivity contribution in [1.82, 2.24) is 5.32 Å². The van der Waals surface area contributed by atoms with Crippen molar-refractivity contribution >= 4 is 15.9 Å². The third-order valence-electron chi connectivity index (χ3n) is 3.98. The molecule has 1 atom stereocenters. The lowest BCUT2D eigenvalue weighted by Gasteiger charge is -2.19. The van der Waals surface area contributed by atoms with E-state index in [0.29, 0.717) is 11.3 Å². The summed E-state index contributed by atoms with van der Waals surface area (Å²) in [5.41, 5.74) is 2.82. The Kier molecular flexibility index (Phi) is 5.49. The number of amides is 1. The monoisotopic (exact) mass is 362 g/mol. The molecule has 0 fully saturated rings. The van der Waals surface area contributed by atoms with Crippen LogP contribution in [-0.4, -0.2) is 21.4 Å². The second-order valence-electron chi connectivity index (χ2n) is 5.96. The lowest BCUT2D eigenvalue weighted by molar-refractivity contribution is 0.0938. The van der Waals surface area contributed by atoms with Crippen LogP contribution in [0, 0.1) is 13.8 Å². The molecule has 0 aliphatic heterocycles. The third kappa shape index (κ3) is 4.37. The van der Waals surface area contributed by atoms with Gasteiger partial charge >= 0.3 is 0 Å². The van der Waals surface area contributed by atoms with E-state index in [4.69, 9.17) is 9.88 Å². The van der Waals surface area contributed by atoms with Crippen LogP contribution in [0.15, 0.2) is 41.3 Å². The van der Waals surface area contributed by atoms with Crippen molar-refractivity contribution in [1.29, 1.82) is 0 Å². The van der Waals surface area contributed by atoms with Gasteiger partial charge in [-0.2, -0.15) is 0 Å². The molecule has 0 bridgehead atoms. The quantitative estimate of drug-likeness (QED) is 0.853. The van der Waals surface area contributed by atoms with Crippen molar-refractivity contribution in [2.24, 2.45) is 5.14 Å². The van der Waals surface area contributed by atoms with E-state index in [1.165, 1.54) is 12.1 Å². The van der Waals surface area contributed by atoms with E-state index in [0.717, 1.165) is 11.1 Å². The molecule has 0 saturated carbocycles. The van der Waals surface area contributed by atoms with Gasteiger partial charge in [0.25, 0.3) is 5.91 Å². The van der Waals surface area contributed by atoms with Crippen LogP contribution in [0.5, 0.6) is 5.75 Å². The Morgan fingerprint density at radius 3 is 2.44 bits per heavy atom. The predicted octanol–water partition coefficient (Wildman–Crippen LogP) is 2.45. The van der Waals surface area contributed by atoms with E-state index in [1.807, 2.05) is 32.0 Å². The zero-order valence-corrected chi connectivity index (χ0v) is 15.5. The number of sulfonamides is 1. The first-order valence-electron chi connectivity index (χ1n) is 7.72. The molecule has 6 nitrogen and oxygen atoms in total. The first-order chi connectivity index (χ1) is 11.6. The van der Waals surface area contributed by atoms with Crippen LogP contribution >= 0.6 is 0 Å². The number of carbonyl (C=O) groups excluding carboxylic acids is 1. The summed E-state index contributed by atoms with van der Waals surface area (Å²) in [6.45, 7) is 5.53. The summed E-state index contributed by atoms with van der Waals surface area (Å²) in [5.74, 6) is 0.299. The maximum atomic E-state index is 12.6. The normalized spacial score (nSPS) is 12.5. The third-order valence-corrected chi connectivity index (χ3v) is 4.89. The van der Waals surface area contributed by atoms with Crippen molar-refractivity contribution in [2.75, 3.05) is 7.11 Å². The van der Waals surface area contributed by atoms with Gasteiger partial charge in [0.05, 0.1) is 18.0 Å². The number of hydrogen-bond donors (Lipinski definition) is 2. The van der Waals surface area contributed by atoms with E-state index < -0.39 is 10.0 Å². The number of benzene rings is 2. The fourth-order valence-electron chi connectivity index (χ4n) is 2.57. The maximum absolute atomic E-state index is 12.6. The topological polar surface area (TPSA) is 98.5 Å². The summed E-state index contributed by atoms with van der Waals surface area (Å²) in [7, 11) is -2.30. The van der Waals surface area contributed by atoms with E-state index in [1.54, 1.807) is 20.1 Å². The Bertz CT molecular complexity index is 907. The number of aryl methyl sites for hydroxylation is 2. The average Bonchev–Trinajstić information content (AvgIpc) is 2.53. The standard InChI is InChI=1S/C18H22N2O4S/c1-11-5-8-17(24-4)16(9-11)13(3)20-18(21)15-10-14(25(19,22)23)7-6-12(15)2/h5-10,13H,1-4H3,(H,20,21)(H2,19,22,23). The SMILES string of the molecule is COc1ccc(C)cc1C(C)NC(=O)c1cc(S(N)(=O)=O)ccc1C.